The van der Waals surface area contributed by atoms with Crippen LogP contribution in [0.5, 0.6) is 0 Å². The van der Waals surface area contributed by atoms with E-state index in [1.807, 2.05) is 30.5 Å². The Hall–Kier alpha value is -2.95. The van der Waals surface area contributed by atoms with Crippen LogP contribution < -0.4 is 10.4 Å². The van der Waals surface area contributed by atoms with Gasteiger partial charge in [-0.2, -0.15) is 0 Å². The highest BCUT2D eigenvalue weighted by atomic mass is 127. The van der Waals surface area contributed by atoms with Gasteiger partial charge in [0.15, 0.2) is 0 Å². The van der Waals surface area contributed by atoms with E-state index in [-0.39, 0.29) is 0 Å². The van der Waals surface area contributed by atoms with Crippen molar-refractivity contribution in [3.63, 3.8) is 0 Å². The van der Waals surface area contributed by atoms with Gasteiger partial charge in [0.25, 0.3) is 5.91 Å². The van der Waals surface area contributed by atoms with E-state index in [2.05, 4.69) is 72.0 Å². The number of hydrogen-bond acceptors (Lipinski definition) is 5. The van der Waals surface area contributed by atoms with Gasteiger partial charge in [0.2, 0.25) is 0 Å². The van der Waals surface area contributed by atoms with Crippen LogP contribution in [0.15, 0.2) is 83.3 Å². The van der Waals surface area contributed by atoms with Gasteiger partial charge in [0.05, 0.1) is 11.9 Å². The molecule has 1 amide bonds. The van der Waals surface area contributed by atoms with E-state index < -0.39 is 5.91 Å². The second kappa shape index (κ2) is 11.8. The molecule has 1 aromatic carbocycles. The van der Waals surface area contributed by atoms with Crippen molar-refractivity contribution in [1.29, 1.82) is 0 Å². The maximum atomic E-state index is 11.6. The van der Waals surface area contributed by atoms with Gasteiger partial charge in [-0.3, -0.25) is 14.9 Å². The zero-order valence-electron chi connectivity index (χ0n) is 21.5. The molecule has 2 aliphatic heterocycles. The van der Waals surface area contributed by atoms with Gasteiger partial charge < -0.3 is 9.47 Å². The number of nitrogens with zero attached hydrogens (tertiary/aromatic N) is 4. The van der Waals surface area contributed by atoms with Crippen LogP contribution in [-0.4, -0.2) is 58.3 Å². The average Bonchev–Trinajstić information content (AvgIpc) is 3.54. The highest BCUT2D eigenvalue weighted by Gasteiger charge is 2.40. The molecule has 2 saturated heterocycles. The van der Waals surface area contributed by atoms with Crippen LogP contribution >= 0.6 is 22.6 Å². The number of allylic oxidation sites excluding steroid dienone is 2. The molecule has 3 aromatic rings. The molecule has 2 aliphatic rings. The summed E-state index contributed by atoms with van der Waals surface area (Å²) in [4.78, 5) is 21.5. The molecule has 1 spiro atoms. The van der Waals surface area contributed by atoms with Crippen LogP contribution in [-0.2, 0) is 6.54 Å². The molecule has 0 atom stereocenters. The minimum Gasteiger partial charge on any atom is -0.370 e. The maximum Gasteiger partial charge on any atom is 0.274 e. The second-order valence-corrected chi connectivity index (χ2v) is 11.0. The molecule has 2 N–H and O–H groups in total. The zero-order valence-corrected chi connectivity index (χ0v) is 23.7. The lowest BCUT2D eigenvalue weighted by molar-refractivity contribution is 0.0706. The summed E-state index contributed by atoms with van der Waals surface area (Å²) >= 11 is 2.34. The fourth-order valence-electron chi connectivity index (χ4n) is 5.77. The van der Waals surface area contributed by atoms with Gasteiger partial charge in [-0.05, 0) is 70.7 Å². The predicted octanol–water partition coefficient (Wildman–Crippen LogP) is 5.56. The number of anilines is 1. The Morgan fingerprint density at radius 2 is 1.92 bits per heavy atom. The monoisotopic (exact) mass is 623 g/mol. The van der Waals surface area contributed by atoms with Crippen LogP contribution in [0.1, 0.15) is 35.2 Å². The van der Waals surface area contributed by atoms with Crippen LogP contribution in [0, 0.1) is 5.41 Å². The lowest BCUT2D eigenvalue weighted by atomic mass is 9.77. The molecule has 4 heterocycles. The van der Waals surface area contributed by atoms with Gasteiger partial charge in [-0.15, -0.1) is 0 Å². The predicted molar refractivity (Wildman–Crippen MR) is 161 cm³/mol. The third-order valence-electron chi connectivity index (χ3n) is 7.96. The van der Waals surface area contributed by atoms with E-state index in [1.165, 1.54) is 43.6 Å². The highest BCUT2D eigenvalue weighted by molar-refractivity contribution is 14.1. The van der Waals surface area contributed by atoms with Crippen molar-refractivity contribution in [3.05, 3.63) is 94.4 Å². The number of likely N-dealkylation sites (tertiary alicyclic amines) is 1. The average molecular weight is 624 g/mol. The number of hydrogen-bond donors (Lipinski definition) is 2. The van der Waals surface area contributed by atoms with Crippen molar-refractivity contribution < 1.29 is 10.0 Å². The number of hydroxylamine groups is 1. The molecule has 0 unspecified atom stereocenters. The van der Waals surface area contributed by atoms with Gasteiger partial charge in [0, 0.05) is 49.9 Å². The van der Waals surface area contributed by atoms with E-state index in [0.29, 0.717) is 17.5 Å². The Morgan fingerprint density at radius 3 is 2.63 bits per heavy atom. The number of pyridine rings is 1. The quantitative estimate of drug-likeness (QED) is 0.149. The van der Waals surface area contributed by atoms with Crippen molar-refractivity contribution in [3.8, 4) is 0 Å². The van der Waals surface area contributed by atoms with Crippen LogP contribution in [0.25, 0.3) is 11.0 Å². The molecule has 8 heteroatoms. The summed E-state index contributed by atoms with van der Waals surface area (Å²) in [7, 11) is 0. The van der Waals surface area contributed by atoms with E-state index >= 15 is 0 Å². The summed E-state index contributed by atoms with van der Waals surface area (Å²) in [6, 6.07) is 11.6. The smallest absolute Gasteiger partial charge is 0.274 e. The summed E-state index contributed by atoms with van der Waals surface area (Å²) in [5, 5.41) is 9.94. The topological polar surface area (TPSA) is 73.6 Å². The lowest BCUT2D eigenvalue weighted by Crippen LogP contribution is -2.41. The second-order valence-electron chi connectivity index (χ2n) is 10.4. The Balaban J connectivity index is 1.20. The maximum absolute atomic E-state index is 11.6. The Morgan fingerprint density at radius 1 is 1.16 bits per heavy atom. The van der Waals surface area contributed by atoms with Gasteiger partial charge in [-0.25, -0.2) is 10.5 Å². The van der Waals surface area contributed by atoms with Crippen LogP contribution in [0.3, 0.4) is 0 Å². The molecular formula is C30H34IN5O2. The number of benzene rings is 1. The van der Waals surface area contributed by atoms with Crippen LogP contribution in [0.4, 0.5) is 5.69 Å². The van der Waals surface area contributed by atoms with E-state index in [0.717, 1.165) is 36.2 Å². The summed E-state index contributed by atoms with van der Waals surface area (Å²) in [5.74, 6) is -0.509. The lowest BCUT2D eigenvalue weighted by Gasteiger charge is -2.40. The van der Waals surface area contributed by atoms with Crippen molar-refractivity contribution >= 4 is 45.2 Å². The van der Waals surface area contributed by atoms with Crippen LogP contribution in [0.2, 0.25) is 0 Å². The number of fused-ring (bicyclic) bond motifs is 1. The number of aromatic nitrogens is 2. The molecule has 198 valence electrons. The summed E-state index contributed by atoms with van der Waals surface area (Å²) in [5.41, 5.74) is 7.08. The van der Waals surface area contributed by atoms with Crippen molar-refractivity contribution in [2.45, 2.75) is 25.8 Å². The Bertz CT molecular complexity index is 1350. The first-order valence-corrected chi connectivity index (χ1v) is 14.3. The summed E-state index contributed by atoms with van der Waals surface area (Å²) in [6.07, 6.45) is 13.8. The molecule has 2 fully saturated rings. The van der Waals surface area contributed by atoms with Gasteiger partial charge >= 0.3 is 0 Å². The number of carbonyl (C=O) groups excluding carboxylic acids is 1. The number of nitrogens with one attached hydrogen (secondary N) is 1. The summed E-state index contributed by atoms with van der Waals surface area (Å²) < 4.78 is 4.30. The van der Waals surface area contributed by atoms with Gasteiger partial charge in [-0.1, -0.05) is 59.5 Å². The fraction of sp³-hybridized carbons (Fsp3) is 0.333. The molecule has 5 rings (SSSR count). The Labute approximate surface area is 237 Å². The SMILES string of the molecule is C=C/C=C\C(=C/I)CN1CCC2(CCN(c3cnc4c(ccn4Cc4ccc(C(=O)NO)cc4)c3)CC2)C1. The van der Waals surface area contributed by atoms with E-state index in [1.54, 1.807) is 17.6 Å². The van der Waals surface area contributed by atoms with Crippen molar-refractivity contribution in [2.75, 3.05) is 37.6 Å². The highest BCUT2D eigenvalue weighted by Crippen LogP contribution is 2.41. The van der Waals surface area contributed by atoms with Crippen molar-refractivity contribution in [1.82, 2.24) is 19.9 Å². The normalized spacial score (nSPS) is 18.1. The first-order chi connectivity index (χ1) is 18.5. The Kier molecular flexibility index (Phi) is 8.30. The molecule has 7 nitrogen and oxygen atoms in total. The minimum atomic E-state index is -0.509. The summed E-state index contributed by atoms with van der Waals surface area (Å²) in [6.45, 7) is 9.96. The first-order valence-electron chi connectivity index (χ1n) is 13.1. The molecule has 0 saturated carbocycles. The number of halogens is 1. The third kappa shape index (κ3) is 5.87. The first kappa shape index (κ1) is 26.6. The number of rotatable bonds is 8. The number of amides is 1. The number of carbonyl (C=O) groups is 1. The molecule has 0 aliphatic carbocycles. The van der Waals surface area contributed by atoms with Crippen molar-refractivity contribution in [2.24, 2.45) is 5.41 Å². The standard InChI is InChI=1S/C30H34IN5O2/c1-2-3-4-24(18-31)20-34-14-10-30(22-34)11-15-35(16-12-30)27-17-26-9-13-36(28(26)32-19-27)21-23-5-7-25(8-6-23)29(37)33-38/h2-9,13,17-19,38H,1,10-12,14-16,20-22H2,(H,33,37)/b4-3-,24-18+. The minimum absolute atomic E-state index is 0.424. The largest absolute Gasteiger partial charge is 0.370 e. The molecular weight excluding hydrogens is 589 g/mol. The van der Waals surface area contributed by atoms with Gasteiger partial charge in [0.1, 0.15) is 5.65 Å². The zero-order chi connectivity index (χ0) is 26.5. The third-order valence-corrected chi connectivity index (χ3v) is 8.76. The molecule has 0 bridgehead atoms. The molecule has 0 radical (unpaired) electrons. The molecule has 38 heavy (non-hydrogen) atoms. The van der Waals surface area contributed by atoms with E-state index in [9.17, 15) is 4.79 Å². The fourth-order valence-corrected chi connectivity index (χ4v) is 6.18. The number of piperidine rings is 1. The molecule has 2 aromatic heterocycles. The van der Waals surface area contributed by atoms with E-state index in [4.69, 9.17) is 10.2 Å².